The van der Waals surface area contributed by atoms with Crippen LogP contribution in [0, 0.1) is 31.6 Å². The number of hydrogen-bond donors (Lipinski definition) is 2. The average Bonchev–Trinajstić information content (AvgIpc) is 3.20. The van der Waals surface area contributed by atoms with Crippen LogP contribution in [-0.4, -0.2) is 46.6 Å². The topological polar surface area (TPSA) is 96.3 Å². The first kappa shape index (κ1) is 26.1. The number of amides is 2. The summed E-state index contributed by atoms with van der Waals surface area (Å²) in [4.78, 5) is 29.4. The molecular formula is C31H36BNO6. The second kappa shape index (κ2) is 10.5. The molecule has 1 saturated carbocycles. The molecule has 7 nitrogen and oxygen atoms in total. The van der Waals surface area contributed by atoms with Crippen LogP contribution in [0.2, 0.25) is 0 Å². The Kier molecular flexibility index (Phi) is 7.02. The van der Waals surface area contributed by atoms with Crippen LogP contribution in [0.1, 0.15) is 67.7 Å². The Morgan fingerprint density at radius 2 is 1.69 bits per heavy atom. The van der Waals surface area contributed by atoms with Gasteiger partial charge in [-0.25, -0.2) is 0 Å². The maximum absolute atomic E-state index is 14.0. The fraction of sp³-hybridized carbons (Fsp3) is 0.484. The molecule has 0 unspecified atom stereocenters. The maximum atomic E-state index is 14.0. The third-order valence-corrected chi connectivity index (χ3v) is 9.23. The zero-order chi connectivity index (χ0) is 27.3. The van der Waals surface area contributed by atoms with Crippen molar-refractivity contribution < 1.29 is 29.1 Å². The Balaban J connectivity index is 1.36. The van der Waals surface area contributed by atoms with Gasteiger partial charge in [-0.3, -0.25) is 14.5 Å². The number of aromatic hydroxyl groups is 1. The van der Waals surface area contributed by atoms with Crippen LogP contribution in [-0.2, 0) is 14.2 Å². The minimum atomic E-state index is -1.20. The zero-order valence-corrected chi connectivity index (χ0v) is 22.6. The number of para-hydroxylation sites is 1. The van der Waals surface area contributed by atoms with Gasteiger partial charge in [-0.05, 0) is 97.5 Å². The number of aryl methyl sites for hydroxylation is 2. The number of hydrogen-bond acceptors (Lipinski definition) is 6. The van der Waals surface area contributed by atoms with E-state index in [0.29, 0.717) is 24.1 Å². The molecule has 204 valence electrons. The van der Waals surface area contributed by atoms with Crippen molar-refractivity contribution in [2.24, 2.45) is 17.8 Å². The number of ether oxygens (including phenoxy) is 1. The van der Waals surface area contributed by atoms with Crippen molar-refractivity contribution in [3.05, 3.63) is 70.2 Å². The summed E-state index contributed by atoms with van der Waals surface area (Å²) in [7, 11) is -1.20. The lowest BCUT2D eigenvalue weighted by Crippen LogP contribution is -2.46. The molecule has 0 radical (unpaired) electrons. The second-order valence-corrected chi connectivity index (χ2v) is 11.7. The number of rotatable bonds is 5. The van der Waals surface area contributed by atoms with E-state index in [-0.39, 0.29) is 36.1 Å². The Morgan fingerprint density at radius 1 is 1.00 bits per heavy atom. The summed E-state index contributed by atoms with van der Waals surface area (Å²) in [5.74, 6) is -0.483. The Bertz CT molecular complexity index is 1280. The van der Waals surface area contributed by atoms with E-state index in [2.05, 4.69) is 0 Å². The number of phenolic OH excluding ortho intramolecular Hbond substituents is 1. The predicted molar refractivity (Wildman–Crippen MR) is 147 cm³/mol. The molecule has 4 atom stereocenters. The van der Waals surface area contributed by atoms with Gasteiger partial charge in [0.25, 0.3) is 0 Å². The lowest BCUT2D eigenvalue weighted by atomic mass is 9.55. The van der Waals surface area contributed by atoms with Crippen molar-refractivity contribution in [2.45, 2.75) is 70.9 Å². The fourth-order valence-electron chi connectivity index (χ4n) is 7.34. The quantitative estimate of drug-likeness (QED) is 0.426. The lowest BCUT2D eigenvalue weighted by Gasteiger charge is -2.42. The van der Waals surface area contributed by atoms with Gasteiger partial charge in [-0.15, -0.1) is 0 Å². The first-order valence-corrected chi connectivity index (χ1v) is 14.2. The van der Waals surface area contributed by atoms with Gasteiger partial charge in [-0.1, -0.05) is 37.5 Å². The molecule has 4 aliphatic rings. The SMILES string of the molecule is Cc1cc([C@@H]2C[C@@H]3C(=C(COc4ccccc4)C[C@@H]4C(=O)N(C5CCCCC5)C(=O)[C@@H]43)B(O)O2)cc(C)c1O. The van der Waals surface area contributed by atoms with Crippen molar-refractivity contribution in [1.82, 2.24) is 4.90 Å². The van der Waals surface area contributed by atoms with Crippen molar-refractivity contribution in [3.63, 3.8) is 0 Å². The van der Waals surface area contributed by atoms with E-state index in [1.165, 1.54) is 0 Å². The fourth-order valence-corrected chi connectivity index (χ4v) is 7.34. The number of likely N-dealkylation sites (tertiary alicyclic amines) is 1. The van der Waals surface area contributed by atoms with Crippen molar-refractivity contribution in [1.29, 1.82) is 0 Å². The number of fused-ring (bicyclic) bond motifs is 3. The number of benzene rings is 2. The molecular weight excluding hydrogens is 493 g/mol. The first-order valence-electron chi connectivity index (χ1n) is 14.2. The van der Waals surface area contributed by atoms with Gasteiger partial charge in [0.15, 0.2) is 0 Å². The molecule has 6 rings (SSSR count). The maximum Gasteiger partial charge on any atom is 0.487 e. The van der Waals surface area contributed by atoms with Gasteiger partial charge < -0.3 is 19.5 Å². The van der Waals surface area contributed by atoms with E-state index < -0.39 is 25.1 Å². The summed E-state index contributed by atoms with van der Waals surface area (Å²) in [5.41, 5.74) is 3.87. The van der Waals surface area contributed by atoms with Crippen LogP contribution >= 0.6 is 0 Å². The molecule has 3 fully saturated rings. The number of allylic oxidation sites excluding steroid dienone is 1. The van der Waals surface area contributed by atoms with E-state index in [1.807, 2.05) is 56.3 Å². The monoisotopic (exact) mass is 529 g/mol. The van der Waals surface area contributed by atoms with Crippen LogP contribution in [0.3, 0.4) is 0 Å². The molecule has 0 spiro atoms. The molecule has 8 heteroatoms. The van der Waals surface area contributed by atoms with E-state index in [1.54, 1.807) is 4.90 Å². The van der Waals surface area contributed by atoms with Gasteiger partial charge >= 0.3 is 7.12 Å². The largest absolute Gasteiger partial charge is 0.507 e. The summed E-state index contributed by atoms with van der Waals surface area (Å²) in [6, 6.07) is 13.2. The van der Waals surface area contributed by atoms with Crippen LogP contribution in [0.25, 0.3) is 0 Å². The Labute approximate surface area is 230 Å². The molecule has 2 aliphatic carbocycles. The molecule has 2 heterocycles. The van der Waals surface area contributed by atoms with E-state index in [9.17, 15) is 19.7 Å². The molecule has 2 aliphatic heterocycles. The summed E-state index contributed by atoms with van der Waals surface area (Å²) in [6.07, 6.45) is 5.35. The van der Waals surface area contributed by atoms with Crippen molar-refractivity contribution in [3.8, 4) is 11.5 Å². The van der Waals surface area contributed by atoms with Crippen molar-refractivity contribution >= 4 is 18.9 Å². The lowest BCUT2D eigenvalue weighted by molar-refractivity contribution is -0.143. The highest BCUT2D eigenvalue weighted by Gasteiger charge is 2.59. The highest BCUT2D eigenvalue weighted by molar-refractivity contribution is 6.53. The van der Waals surface area contributed by atoms with Gasteiger partial charge in [0.1, 0.15) is 18.1 Å². The number of phenols is 1. The molecule has 39 heavy (non-hydrogen) atoms. The van der Waals surface area contributed by atoms with Crippen LogP contribution in [0.15, 0.2) is 53.5 Å². The molecule has 2 aromatic carbocycles. The molecule has 2 aromatic rings. The first-order chi connectivity index (χ1) is 18.8. The smallest absolute Gasteiger partial charge is 0.487 e. The number of carbonyl (C=O) groups is 2. The third-order valence-electron chi connectivity index (χ3n) is 9.23. The number of carbonyl (C=O) groups excluding carboxylic acids is 2. The van der Waals surface area contributed by atoms with Gasteiger partial charge in [-0.2, -0.15) is 0 Å². The Hall–Kier alpha value is -3.10. The van der Waals surface area contributed by atoms with Crippen molar-refractivity contribution in [2.75, 3.05) is 6.61 Å². The number of imide groups is 1. The predicted octanol–water partition coefficient (Wildman–Crippen LogP) is 4.82. The van der Waals surface area contributed by atoms with E-state index >= 15 is 0 Å². The van der Waals surface area contributed by atoms with Gasteiger partial charge in [0, 0.05) is 6.04 Å². The zero-order valence-electron chi connectivity index (χ0n) is 22.6. The van der Waals surface area contributed by atoms with Crippen LogP contribution in [0.4, 0.5) is 0 Å². The normalized spacial score (nSPS) is 27.6. The van der Waals surface area contributed by atoms with Crippen LogP contribution < -0.4 is 4.74 Å². The minimum absolute atomic E-state index is 0.0280. The molecule has 2 N–H and O–H groups in total. The van der Waals surface area contributed by atoms with Gasteiger partial charge in [0.2, 0.25) is 11.8 Å². The van der Waals surface area contributed by atoms with E-state index in [0.717, 1.165) is 54.4 Å². The summed E-state index contributed by atoms with van der Waals surface area (Å²) < 4.78 is 12.3. The summed E-state index contributed by atoms with van der Waals surface area (Å²) >= 11 is 0. The highest BCUT2D eigenvalue weighted by Crippen LogP contribution is 2.52. The van der Waals surface area contributed by atoms with Gasteiger partial charge in [0.05, 0.1) is 17.9 Å². The minimum Gasteiger partial charge on any atom is -0.507 e. The van der Waals surface area contributed by atoms with Crippen LogP contribution in [0.5, 0.6) is 11.5 Å². The molecule has 0 bridgehead atoms. The summed E-state index contributed by atoms with van der Waals surface area (Å²) in [5, 5.41) is 21.7. The molecule has 2 saturated heterocycles. The Morgan fingerprint density at radius 3 is 2.38 bits per heavy atom. The second-order valence-electron chi connectivity index (χ2n) is 11.7. The third kappa shape index (κ3) is 4.68. The standard InChI is InChI=1S/C31H36BNO6/c1-18-13-20(14-19(2)29(18)34)26-16-24-27-25(30(35)33(31(27)36)22-9-5-3-6-10-22)15-21(28(24)32(37)39-26)17-38-23-11-7-4-8-12-23/h4,7-8,11-14,22,24-27,34,37H,3,5-6,9-10,15-17H2,1-2H3/t24-,25-,26-,27+/m0/s1. The average molecular weight is 529 g/mol. The highest BCUT2D eigenvalue weighted by atomic mass is 16.5. The van der Waals surface area contributed by atoms with E-state index in [4.69, 9.17) is 9.39 Å². The molecule has 0 aromatic heterocycles. The molecule has 2 amide bonds. The summed E-state index contributed by atoms with van der Waals surface area (Å²) in [6.45, 7) is 3.91. The number of nitrogens with zero attached hydrogens (tertiary/aromatic N) is 1.